The average Bonchev–Trinajstić information content (AvgIpc) is 3.45. The number of amides is 7. The van der Waals surface area contributed by atoms with E-state index in [4.69, 9.17) is 14.5 Å². The molecule has 1 fully saturated rings. The van der Waals surface area contributed by atoms with E-state index >= 15 is 0 Å². The van der Waals surface area contributed by atoms with E-state index in [1.165, 1.54) is 30.2 Å². The van der Waals surface area contributed by atoms with Gasteiger partial charge in [0.2, 0.25) is 17.8 Å². The minimum Gasteiger partial charge on any atom is -0.495 e. The van der Waals surface area contributed by atoms with E-state index in [0.29, 0.717) is 65.7 Å². The van der Waals surface area contributed by atoms with Crippen molar-refractivity contribution in [2.45, 2.75) is 31.7 Å². The smallest absolute Gasteiger partial charge is 0.266 e. The largest absolute Gasteiger partial charge is 0.495 e. The van der Waals surface area contributed by atoms with E-state index in [2.05, 4.69) is 26.3 Å². The predicted molar refractivity (Wildman–Crippen MR) is 209 cm³/mol. The monoisotopic (exact) mass is 789 g/mol. The van der Waals surface area contributed by atoms with Gasteiger partial charge in [-0.3, -0.25) is 43.8 Å². The van der Waals surface area contributed by atoms with Crippen molar-refractivity contribution in [3.05, 3.63) is 89.1 Å². The molecule has 4 N–H and O–H groups in total. The summed E-state index contributed by atoms with van der Waals surface area (Å²) >= 11 is 0. The molecule has 0 aliphatic carbocycles. The molecule has 4 aromatic rings. The quantitative estimate of drug-likeness (QED) is 0.113. The third-order valence-electron chi connectivity index (χ3n) is 9.94. The van der Waals surface area contributed by atoms with Crippen LogP contribution in [-0.2, 0) is 14.4 Å². The van der Waals surface area contributed by atoms with Crippen LogP contribution in [0.25, 0.3) is 0 Å². The van der Waals surface area contributed by atoms with Crippen LogP contribution in [0.3, 0.4) is 0 Å². The lowest BCUT2D eigenvalue weighted by molar-refractivity contribution is -0.136. The summed E-state index contributed by atoms with van der Waals surface area (Å²) in [5.41, 5.74) is 2.67. The second-order valence-corrected chi connectivity index (χ2v) is 13.6. The van der Waals surface area contributed by atoms with Crippen LogP contribution < -0.4 is 40.5 Å². The number of nitrogens with zero attached hydrogens (tertiary/aromatic N) is 5. The molecular weight excluding hydrogens is 750 g/mol. The van der Waals surface area contributed by atoms with Crippen molar-refractivity contribution in [2.75, 3.05) is 56.0 Å². The molecule has 58 heavy (non-hydrogen) atoms. The number of para-hydroxylation sites is 1. The van der Waals surface area contributed by atoms with Gasteiger partial charge in [-0.2, -0.15) is 4.98 Å². The van der Waals surface area contributed by atoms with E-state index in [9.17, 15) is 33.6 Å². The Kier molecular flexibility index (Phi) is 11.0. The minimum absolute atomic E-state index is 0.00463. The number of nitrogens with one attached hydrogen (secondary N) is 4. The molecule has 1 saturated heterocycles. The number of hydrogen-bond acceptors (Lipinski definition) is 13. The highest BCUT2D eigenvalue weighted by Gasteiger charge is 2.46. The standard InChI is InChI=1S/C40H39N9O9/c1-47-26-11-5-4-9-23(26)37(54)48(2)28-20-43-40(46-34(28)47)44-25-14-13-22(19-30(25)57-3)35(52)42-18-7-6-17-41-32(51)21-58-29-12-8-10-24-33(29)39(56)49(38(24)55)27-15-16-31(50)45-36(27)53/h4-5,8-14,19-20,27H,6-7,15-18,21H2,1-3H3,(H,41,51)(H,42,52)(H,43,44,46)(H,45,50,53). The zero-order valence-electron chi connectivity index (χ0n) is 31.8. The van der Waals surface area contributed by atoms with Gasteiger partial charge in [0, 0.05) is 39.2 Å². The first kappa shape index (κ1) is 38.9. The number of carbonyl (C=O) groups excluding carboxylic acids is 7. The molecule has 3 aromatic carbocycles. The third kappa shape index (κ3) is 7.58. The van der Waals surface area contributed by atoms with Gasteiger partial charge < -0.3 is 35.2 Å². The van der Waals surface area contributed by atoms with Crippen LogP contribution in [0.15, 0.2) is 66.9 Å². The van der Waals surface area contributed by atoms with E-state index in [1.807, 2.05) is 30.1 Å². The fraction of sp³-hybridized carbons (Fsp3) is 0.275. The number of ether oxygens (including phenoxy) is 2. The van der Waals surface area contributed by atoms with Crippen LogP contribution in [0.4, 0.5) is 28.8 Å². The summed E-state index contributed by atoms with van der Waals surface area (Å²) < 4.78 is 11.2. The van der Waals surface area contributed by atoms with Gasteiger partial charge in [-0.05, 0) is 61.7 Å². The highest BCUT2D eigenvalue weighted by Crippen LogP contribution is 2.39. The van der Waals surface area contributed by atoms with E-state index in [-0.39, 0.29) is 47.5 Å². The second-order valence-electron chi connectivity index (χ2n) is 13.6. The van der Waals surface area contributed by atoms with Gasteiger partial charge in [0.25, 0.3) is 29.5 Å². The van der Waals surface area contributed by atoms with Gasteiger partial charge in [-0.25, -0.2) is 4.98 Å². The molecule has 1 atom stereocenters. The fourth-order valence-corrected chi connectivity index (χ4v) is 6.90. The van der Waals surface area contributed by atoms with Crippen LogP contribution in [0, 0.1) is 0 Å². The molecule has 18 nitrogen and oxygen atoms in total. The number of imide groups is 2. The maximum Gasteiger partial charge on any atom is 0.266 e. The van der Waals surface area contributed by atoms with Gasteiger partial charge >= 0.3 is 0 Å². The Hall–Kier alpha value is -7.37. The molecule has 7 rings (SSSR count). The Morgan fingerprint density at radius 1 is 0.845 bits per heavy atom. The summed E-state index contributed by atoms with van der Waals surface area (Å²) in [6, 6.07) is 15.5. The first-order chi connectivity index (χ1) is 28.0. The Morgan fingerprint density at radius 2 is 1.60 bits per heavy atom. The molecule has 298 valence electrons. The SMILES string of the molecule is COc1cc(C(=O)NCCCCNC(=O)COc2cccc3c2C(=O)N(C2CCC(=O)NC2=O)C3=O)ccc1Nc1ncc2c(n1)N(C)c1ccccc1C(=O)N2C. The molecule has 3 aliphatic heterocycles. The lowest BCUT2D eigenvalue weighted by Crippen LogP contribution is -2.54. The minimum atomic E-state index is -1.12. The van der Waals surface area contributed by atoms with E-state index in [1.54, 1.807) is 37.5 Å². The van der Waals surface area contributed by atoms with Gasteiger partial charge in [0.1, 0.15) is 23.2 Å². The van der Waals surface area contributed by atoms with Crippen molar-refractivity contribution in [1.29, 1.82) is 0 Å². The van der Waals surface area contributed by atoms with Gasteiger partial charge in [0.15, 0.2) is 12.4 Å². The fourth-order valence-electron chi connectivity index (χ4n) is 6.90. The molecule has 4 heterocycles. The normalized spacial score (nSPS) is 15.9. The van der Waals surface area contributed by atoms with E-state index < -0.39 is 42.2 Å². The van der Waals surface area contributed by atoms with Crippen molar-refractivity contribution in [1.82, 2.24) is 30.8 Å². The molecule has 0 radical (unpaired) electrons. The summed E-state index contributed by atoms with van der Waals surface area (Å²) in [6.07, 6.45) is 2.68. The molecule has 0 saturated carbocycles. The molecule has 0 spiro atoms. The van der Waals surface area contributed by atoms with Crippen LogP contribution in [0.1, 0.15) is 67.1 Å². The maximum absolute atomic E-state index is 13.2. The van der Waals surface area contributed by atoms with Crippen LogP contribution in [0.2, 0.25) is 0 Å². The molecule has 3 aliphatic rings. The van der Waals surface area contributed by atoms with Crippen molar-refractivity contribution >= 4 is 70.2 Å². The maximum atomic E-state index is 13.2. The summed E-state index contributed by atoms with van der Waals surface area (Å²) in [5.74, 6) is -2.38. The van der Waals surface area contributed by atoms with Gasteiger partial charge in [-0.1, -0.05) is 18.2 Å². The summed E-state index contributed by atoms with van der Waals surface area (Å²) in [6.45, 7) is 0.196. The molecule has 18 heteroatoms. The number of hydrogen-bond donors (Lipinski definition) is 4. The highest BCUT2D eigenvalue weighted by atomic mass is 16.5. The number of methoxy groups -OCH3 is 1. The molecular formula is C40H39N9O9. The van der Waals surface area contributed by atoms with Crippen LogP contribution in [-0.4, -0.2) is 103 Å². The van der Waals surface area contributed by atoms with Crippen molar-refractivity contribution in [2.24, 2.45) is 0 Å². The number of rotatable bonds is 13. The molecule has 1 aromatic heterocycles. The number of carbonyl (C=O) groups is 7. The lowest BCUT2D eigenvalue weighted by Gasteiger charge is -2.27. The Morgan fingerprint density at radius 3 is 2.38 bits per heavy atom. The number of benzene rings is 3. The summed E-state index contributed by atoms with van der Waals surface area (Å²) in [4.78, 5) is 102. The van der Waals surface area contributed by atoms with Crippen LogP contribution >= 0.6 is 0 Å². The molecule has 7 amide bonds. The van der Waals surface area contributed by atoms with Crippen LogP contribution in [0.5, 0.6) is 11.5 Å². The summed E-state index contributed by atoms with van der Waals surface area (Å²) in [7, 11) is 4.99. The third-order valence-corrected chi connectivity index (χ3v) is 9.94. The molecule has 1 unspecified atom stereocenters. The van der Waals surface area contributed by atoms with Crippen molar-refractivity contribution < 1.29 is 43.0 Å². The lowest BCUT2D eigenvalue weighted by atomic mass is 10.0. The Balaban J connectivity index is 0.868. The highest BCUT2D eigenvalue weighted by molar-refractivity contribution is 6.24. The number of anilines is 5. The Bertz CT molecular complexity index is 2370. The zero-order valence-corrected chi connectivity index (χ0v) is 31.8. The van der Waals surface area contributed by atoms with Crippen molar-refractivity contribution in [3.8, 4) is 11.5 Å². The predicted octanol–water partition coefficient (Wildman–Crippen LogP) is 2.69. The number of fused-ring (bicyclic) bond motifs is 3. The van der Waals surface area contributed by atoms with Gasteiger partial charge in [-0.15, -0.1) is 0 Å². The van der Waals surface area contributed by atoms with E-state index in [0.717, 1.165) is 4.90 Å². The number of unbranched alkanes of at least 4 members (excludes halogenated alkanes) is 1. The topological polar surface area (TPSA) is 222 Å². The molecule has 0 bridgehead atoms. The van der Waals surface area contributed by atoms with Crippen molar-refractivity contribution in [3.63, 3.8) is 0 Å². The second kappa shape index (κ2) is 16.4. The number of aromatic nitrogens is 2. The first-order valence-corrected chi connectivity index (χ1v) is 18.4. The van der Waals surface area contributed by atoms with Gasteiger partial charge in [0.05, 0.1) is 41.4 Å². The summed E-state index contributed by atoms with van der Waals surface area (Å²) in [5, 5.41) is 10.9. The number of piperidine rings is 1. The zero-order chi connectivity index (χ0) is 41.1. The Labute approximate surface area is 331 Å². The average molecular weight is 790 g/mol. The first-order valence-electron chi connectivity index (χ1n) is 18.4.